The average molecular weight is 402 g/mol. The van der Waals surface area contributed by atoms with Crippen LogP contribution in [0.3, 0.4) is 0 Å². The van der Waals surface area contributed by atoms with Crippen molar-refractivity contribution in [3.63, 3.8) is 0 Å². The zero-order chi connectivity index (χ0) is 19.8. The van der Waals surface area contributed by atoms with Gasteiger partial charge in [0, 0.05) is 19.5 Å². The van der Waals surface area contributed by atoms with E-state index in [0.29, 0.717) is 18.0 Å². The summed E-state index contributed by atoms with van der Waals surface area (Å²) in [5.41, 5.74) is 1.15. The fraction of sp³-hybridized carbons (Fsp3) is 0.429. The minimum atomic E-state index is -0.130. The molecular weight excluding hydrogens is 374 g/mol. The van der Waals surface area contributed by atoms with Crippen LogP contribution in [-0.2, 0) is 4.79 Å². The Morgan fingerprint density at radius 1 is 1.18 bits per heavy atom. The zero-order valence-corrected chi connectivity index (χ0v) is 17.0. The van der Waals surface area contributed by atoms with Crippen molar-refractivity contribution in [2.24, 2.45) is 0 Å². The van der Waals surface area contributed by atoms with E-state index in [0.717, 1.165) is 24.4 Å². The van der Waals surface area contributed by atoms with Crippen molar-refractivity contribution in [2.75, 3.05) is 33.3 Å². The second-order valence-corrected chi connectivity index (χ2v) is 7.77. The highest BCUT2D eigenvalue weighted by Gasteiger charge is 2.24. The van der Waals surface area contributed by atoms with E-state index < -0.39 is 0 Å². The van der Waals surface area contributed by atoms with Crippen molar-refractivity contribution in [1.82, 2.24) is 15.5 Å². The smallest absolute Gasteiger partial charge is 0.261 e. The normalized spacial score (nSPS) is 15.2. The van der Waals surface area contributed by atoms with Crippen LogP contribution in [-0.4, -0.2) is 50.0 Å². The number of hydrogen-bond acceptors (Lipinski definition) is 5. The summed E-state index contributed by atoms with van der Waals surface area (Å²) in [4.78, 5) is 27.3. The number of carbonyl (C=O) groups is 2. The molecule has 2 amide bonds. The molecule has 1 aromatic carbocycles. The first kappa shape index (κ1) is 20.4. The minimum Gasteiger partial charge on any atom is -0.497 e. The van der Waals surface area contributed by atoms with E-state index in [-0.39, 0.29) is 24.3 Å². The summed E-state index contributed by atoms with van der Waals surface area (Å²) in [6, 6.07) is 11.8. The quantitative estimate of drug-likeness (QED) is 0.678. The molecule has 2 heterocycles. The summed E-state index contributed by atoms with van der Waals surface area (Å²) in [5, 5.41) is 7.68. The molecule has 150 valence electrons. The van der Waals surface area contributed by atoms with Gasteiger partial charge in [0.1, 0.15) is 5.75 Å². The maximum atomic E-state index is 12.3. The Morgan fingerprint density at radius 2 is 2.00 bits per heavy atom. The highest BCUT2D eigenvalue weighted by atomic mass is 32.1. The molecular formula is C21H27N3O3S. The lowest BCUT2D eigenvalue weighted by atomic mass is 10.0. The van der Waals surface area contributed by atoms with Crippen LogP contribution >= 0.6 is 11.3 Å². The van der Waals surface area contributed by atoms with E-state index in [1.165, 1.54) is 24.2 Å². The van der Waals surface area contributed by atoms with Gasteiger partial charge in [-0.1, -0.05) is 18.2 Å². The molecule has 2 aromatic rings. The van der Waals surface area contributed by atoms with E-state index in [1.807, 2.05) is 29.6 Å². The minimum absolute atomic E-state index is 0.0569. The second kappa shape index (κ2) is 10.2. The molecule has 0 saturated carbocycles. The summed E-state index contributed by atoms with van der Waals surface area (Å²) in [5.74, 6) is 0.636. The number of nitrogens with zero attached hydrogens (tertiary/aromatic N) is 1. The lowest BCUT2D eigenvalue weighted by molar-refractivity contribution is -0.121. The molecule has 28 heavy (non-hydrogen) atoms. The molecule has 1 atom stereocenters. The molecule has 1 saturated heterocycles. The molecule has 1 aliphatic rings. The number of hydrogen-bond donors (Lipinski definition) is 2. The summed E-state index contributed by atoms with van der Waals surface area (Å²) in [6.07, 6.45) is 2.63. The molecule has 0 radical (unpaired) electrons. The van der Waals surface area contributed by atoms with Crippen LogP contribution in [0.5, 0.6) is 5.75 Å². The first-order valence-electron chi connectivity index (χ1n) is 9.64. The predicted molar refractivity (Wildman–Crippen MR) is 111 cm³/mol. The summed E-state index contributed by atoms with van der Waals surface area (Å²) < 4.78 is 5.35. The number of nitrogens with one attached hydrogen (secondary N) is 2. The Labute approximate surface area is 169 Å². The van der Waals surface area contributed by atoms with Crippen molar-refractivity contribution in [3.05, 3.63) is 52.2 Å². The van der Waals surface area contributed by atoms with Crippen LogP contribution in [0.1, 0.15) is 40.5 Å². The lowest BCUT2D eigenvalue weighted by Crippen LogP contribution is -2.38. The van der Waals surface area contributed by atoms with Crippen LogP contribution in [0, 0.1) is 0 Å². The van der Waals surface area contributed by atoms with Gasteiger partial charge in [0.2, 0.25) is 5.91 Å². The number of thiophene rings is 1. The molecule has 0 unspecified atom stereocenters. The SMILES string of the molecule is COc1cccc([C@@H](CNC(=O)CCNC(=O)c2cccs2)N2CCCC2)c1. The number of likely N-dealkylation sites (tertiary alicyclic amines) is 1. The number of carbonyl (C=O) groups excluding carboxylic acids is 2. The van der Waals surface area contributed by atoms with Gasteiger partial charge in [-0.2, -0.15) is 0 Å². The van der Waals surface area contributed by atoms with Gasteiger partial charge in [0.05, 0.1) is 18.0 Å². The maximum Gasteiger partial charge on any atom is 0.261 e. The number of ether oxygens (including phenoxy) is 1. The number of rotatable bonds is 9. The summed E-state index contributed by atoms with van der Waals surface area (Å²) in [6.45, 7) is 2.95. The Morgan fingerprint density at radius 3 is 2.71 bits per heavy atom. The molecule has 0 bridgehead atoms. The van der Waals surface area contributed by atoms with Gasteiger partial charge < -0.3 is 15.4 Å². The Bertz CT molecular complexity index is 773. The summed E-state index contributed by atoms with van der Waals surface area (Å²) in [7, 11) is 1.66. The predicted octanol–water partition coefficient (Wildman–Crippen LogP) is 2.83. The van der Waals surface area contributed by atoms with E-state index in [4.69, 9.17) is 4.74 Å². The molecule has 2 N–H and O–H groups in total. The third-order valence-electron chi connectivity index (χ3n) is 4.94. The molecule has 1 aromatic heterocycles. The zero-order valence-electron chi connectivity index (χ0n) is 16.1. The first-order valence-corrected chi connectivity index (χ1v) is 10.5. The molecule has 0 spiro atoms. The summed E-state index contributed by atoms with van der Waals surface area (Å²) >= 11 is 1.39. The van der Waals surface area contributed by atoms with Gasteiger partial charge in [-0.05, 0) is 55.1 Å². The lowest BCUT2D eigenvalue weighted by Gasteiger charge is -2.28. The van der Waals surface area contributed by atoms with Crippen LogP contribution in [0.25, 0.3) is 0 Å². The van der Waals surface area contributed by atoms with E-state index in [1.54, 1.807) is 13.2 Å². The second-order valence-electron chi connectivity index (χ2n) is 6.82. The highest BCUT2D eigenvalue weighted by Crippen LogP contribution is 2.27. The van der Waals surface area contributed by atoms with Crippen LogP contribution in [0.4, 0.5) is 0 Å². The Balaban J connectivity index is 1.51. The van der Waals surface area contributed by atoms with Gasteiger partial charge >= 0.3 is 0 Å². The van der Waals surface area contributed by atoms with Gasteiger partial charge in [-0.25, -0.2) is 0 Å². The molecule has 7 heteroatoms. The fourth-order valence-electron chi connectivity index (χ4n) is 3.44. The molecule has 3 rings (SSSR count). The Hall–Kier alpha value is -2.38. The van der Waals surface area contributed by atoms with Crippen LogP contribution in [0.2, 0.25) is 0 Å². The molecule has 0 aliphatic carbocycles. The topological polar surface area (TPSA) is 70.7 Å². The van der Waals surface area contributed by atoms with Crippen LogP contribution < -0.4 is 15.4 Å². The first-order chi connectivity index (χ1) is 13.7. The van der Waals surface area contributed by atoms with E-state index in [9.17, 15) is 9.59 Å². The molecule has 1 fully saturated rings. The third-order valence-corrected chi connectivity index (χ3v) is 5.80. The molecule has 6 nitrogen and oxygen atoms in total. The maximum absolute atomic E-state index is 12.3. The van der Waals surface area contributed by atoms with Crippen LogP contribution in [0.15, 0.2) is 41.8 Å². The molecule has 1 aliphatic heterocycles. The monoisotopic (exact) mass is 401 g/mol. The van der Waals surface area contributed by atoms with Gasteiger partial charge in [0.15, 0.2) is 0 Å². The number of benzene rings is 1. The highest BCUT2D eigenvalue weighted by molar-refractivity contribution is 7.12. The largest absolute Gasteiger partial charge is 0.497 e. The fourth-order valence-corrected chi connectivity index (χ4v) is 4.08. The van der Waals surface area contributed by atoms with Crippen molar-refractivity contribution < 1.29 is 14.3 Å². The van der Waals surface area contributed by atoms with E-state index >= 15 is 0 Å². The van der Waals surface area contributed by atoms with Gasteiger partial charge in [-0.15, -0.1) is 11.3 Å². The van der Waals surface area contributed by atoms with Crippen molar-refractivity contribution in [3.8, 4) is 5.75 Å². The number of methoxy groups -OCH3 is 1. The number of amides is 2. The van der Waals surface area contributed by atoms with Crippen molar-refractivity contribution in [1.29, 1.82) is 0 Å². The van der Waals surface area contributed by atoms with E-state index in [2.05, 4.69) is 21.6 Å². The Kier molecular flexibility index (Phi) is 7.45. The average Bonchev–Trinajstić information content (AvgIpc) is 3.42. The standard InChI is InChI=1S/C21H27N3O3S/c1-27-17-7-4-6-16(14-17)18(24-11-2-3-12-24)15-23-20(25)9-10-22-21(26)19-8-5-13-28-19/h4-8,13-14,18H,2-3,9-12,15H2,1H3,(H,22,26)(H,23,25)/t18-/m1/s1. The third kappa shape index (κ3) is 5.56. The van der Waals surface area contributed by atoms with Crippen molar-refractivity contribution >= 4 is 23.2 Å². The van der Waals surface area contributed by atoms with Gasteiger partial charge in [-0.3, -0.25) is 14.5 Å². The van der Waals surface area contributed by atoms with Gasteiger partial charge in [0.25, 0.3) is 5.91 Å². The van der Waals surface area contributed by atoms with Crippen molar-refractivity contribution in [2.45, 2.75) is 25.3 Å².